The second kappa shape index (κ2) is 10.9. The van der Waals surface area contributed by atoms with E-state index in [0.29, 0.717) is 0 Å². The summed E-state index contributed by atoms with van der Waals surface area (Å²) in [6, 6.07) is 37.9. The molecular formula is C32H27N3Ni. The quantitative estimate of drug-likeness (QED) is 0.175. The third-order valence-corrected chi connectivity index (χ3v) is 5.94. The van der Waals surface area contributed by atoms with Gasteiger partial charge in [-0.05, 0) is 45.6 Å². The zero-order chi connectivity index (χ0) is 24.3. The van der Waals surface area contributed by atoms with Crippen LogP contribution in [0.25, 0.3) is 44.5 Å². The molecular weight excluding hydrogens is 485 g/mol. The number of pyridine rings is 2. The van der Waals surface area contributed by atoms with E-state index in [4.69, 9.17) is 4.98 Å². The van der Waals surface area contributed by atoms with E-state index in [1.54, 1.807) is 6.20 Å². The second-order valence-electron chi connectivity index (χ2n) is 9.51. The molecule has 4 heteroatoms. The summed E-state index contributed by atoms with van der Waals surface area (Å²) in [6.07, 6.45) is 1.80. The fraction of sp³-hybridized carbons (Fsp3) is 0.125. The van der Waals surface area contributed by atoms with E-state index in [0.717, 1.165) is 33.7 Å². The standard InChI is InChI=1S/C20H19N2.C12H8N.Ni/c1-20(2,3)16-13-18(15-9-5-4-6-10-15)22-19(14-16)17-11-7-8-12-21-17;1-3-7-11-9(5-1)10-6-2-4-8-12(10)13-11;/h4-9,11-14H,1-3H3;1-8H;/q2*-1;+2. The zero-order valence-electron chi connectivity index (χ0n) is 20.6. The molecule has 3 aromatic carbocycles. The zero-order valence-corrected chi connectivity index (χ0v) is 21.5. The number of benzene rings is 3. The molecule has 0 unspecified atom stereocenters. The Morgan fingerprint density at radius 1 is 0.667 bits per heavy atom. The van der Waals surface area contributed by atoms with Gasteiger partial charge in [0.15, 0.2) is 0 Å². The van der Waals surface area contributed by atoms with Crippen LogP contribution in [0.1, 0.15) is 26.3 Å². The maximum atomic E-state index is 4.79. The van der Waals surface area contributed by atoms with Crippen LogP contribution in [0.15, 0.2) is 109 Å². The van der Waals surface area contributed by atoms with Gasteiger partial charge in [-0.2, -0.15) is 0 Å². The summed E-state index contributed by atoms with van der Waals surface area (Å²) in [5.41, 5.74) is 7.21. The Morgan fingerprint density at radius 2 is 1.28 bits per heavy atom. The number of hydrogen-bond donors (Lipinski definition) is 0. The molecule has 0 saturated heterocycles. The fourth-order valence-electron chi connectivity index (χ4n) is 4.03. The van der Waals surface area contributed by atoms with Crippen molar-refractivity contribution in [1.29, 1.82) is 0 Å². The summed E-state index contributed by atoms with van der Waals surface area (Å²) in [4.78, 5) is 13.7. The van der Waals surface area contributed by atoms with Crippen LogP contribution in [-0.4, -0.2) is 9.97 Å². The molecule has 0 saturated carbocycles. The Kier molecular flexibility index (Phi) is 7.67. The molecule has 3 nitrogen and oxygen atoms in total. The summed E-state index contributed by atoms with van der Waals surface area (Å²) in [5.74, 6) is 0. The molecule has 6 rings (SSSR count). The molecule has 3 aromatic heterocycles. The molecule has 0 bridgehead atoms. The van der Waals surface area contributed by atoms with Crippen LogP contribution in [0.2, 0.25) is 0 Å². The van der Waals surface area contributed by atoms with E-state index >= 15 is 0 Å². The first-order chi connectivity index (χ1) is 17.0. The Morgan fingerprint density at radius 3 is 1.86 bits per heavy atom. The van der Waals surface area contributed by atoms with Gasteiger partial charge in [-0.1, -0.05) is 81.4 Å². The molecule has 0 spiro atoms. The smallest absolute Gasteiger partial charge is 0.657 e. The van der Waals surface area contributed by atoms with Crippen molar-refractivity contribution in [2.24, 2.45) is 0 Å². The Bertz CT molecular complexity index is 1460. The molecule has 0 amide bonds. The van der Waals surface area contributed by atoms with Gasteiger partial charge in [0, 0.05) is 6.20 Å². The van der Waals surface area contributed by atoms with Crippen molar-refractivity contribution >= 4 is 21.8 Å². The van der Waals surface area contributed by atoms with Gasteiger partial charge in [0.2, 0.25) is 0 Å². The average Bonchev–Trinajstić information content (AvgIpc) is 3.28. The van der Waals surface area contributed by atoms with Crippen molar-refractivity contribution in [3.05, 3.63) is 121 Å². The summed E-state index contributed by atoms with van der Waals surface area (Å²) in [7, 11) is 0. The minimum absolute atomic E-state index is 0. The van der Waals surface area contributed by atoms with E-state index in [-0.39, 0.29) is 21.9 Å². The van der Waals surface area contributed by atoms with Crippen LogP contribution in [0, 0.1) is 6.07 Å². The molecule has 180 valence electrons. The molecule has 0 atom stereocenters. The normalized spacial score (nSPS) is 11.0. The maximum absolute atomic E-state index is 4.79. The van der Waals surface area contributed by atoms with E-state index < -0.39 is 0 Å². The first-order valence-corrected chi connectivity index (χ1v) is 11.8. The third-order valence-electron chi connectivity index (χ3n) is 5.94. The first kappa shape index (κ1) is 25.3. The van der Waals surface area contributed by atoms with Gasteiger partial charge in [0.25, 0.3) is 0 Å². The summed E-state index contributed by atoms with van der Waals surface area (Å²) in [5, 5.41) is 2.50. The molecule has 0 aliphatic rings. The van der Waals surface area contributed by atoms with E-state index in [2.05, 4.69) is 85.3 Å². The molecule has 0 aliphatic carbocycles. The number of aromatic nitrogens is 3. The first-order valence-electron chi connectivity index (χ1n) is 11.8. The van der Waals surface area contributed by atoms with Crippen molar-refractivity contribution in [3.8, 4) is 22.6 Å². The number of hydrogen-bond acceptors (Lipinski definition) is 2. The van der Waals surface area contributed by atoms with Crippen molar-refractivity contribution < 1.29 is 16.5 Å². The van der Waals surface area contributed by atoms with Crippen LogP contribution in [0.3, 0.4) is 0 Å². The largest absolute Gasteiger partial charge is 2.00 e. The van der Waals surface area contributed by atoms with Gasteiger partial charge < -0.3 is 4.98 Å². The summed E-state index contributed by atoms with van der Waals surface area (Å²) >= 11 is 0. The minimum atomic E-state index is 0. The Labute approximate surface area is 222 Å². The number of rotatable bonds is 2. The summed E-state index contributed by atoms with van der Waals surface area (Å²) in [6.45, 7) is 6.63. The van der Waals surface area contributed by atoms with Crippen LogP contribution >= 0.6 is 0 Å². The van der Waals surface area contributed by atoms with Crippen LogP contribution < -0.4 is 4.98 Å². The molecule has 6 aromatic rings. The Balaban J connectivity index is 0.000000185. The second-order valence-corrected chi connectivity index (χ2v) is 9.51. The van der Waals surface area contributed by atoms with Crippen LogP contribution in [0.5, 0.6) is 0 Å². The number of para-hydroxylation sites is 2. The topological polar surface area (TPSA) is 39.9 Å². The third kappa shape index (κ3) is 5.56. The van der Waals surface area contributed by atoms with Crippen molar-refractivity contribution in [3.63, 3.8) is 0 Å². The van der Waals surface area contributed by atoms with Gasteiger partial charge in [0.05, 0.1) is 11.4 Å². The van der Waals surface area contributed by atoms with Crippen molar-refractivity contribution in [2.75, 3.05) is 0 Å². The fourth-order valence-corrected chi connectivity index (χ4v) is 4.03. The van der Waals surface area contributed by atoms with Crippen molar-refractivity contribution in [1.82, 2.24) is 15.0 Å². The molecule has 36 heavy (non-hydrogen) atoms. The number of fused-ring (bicyclic) bond motifs is 3. The maximum Gasteiger partial charge on any atom is 2.00 e. The number of nitrogens with zero attached hydrogens (tertiary/aromatic N) is 3. The van der Waals surface area contributed by atoms with Crippen LogP contribution in [-0.2, 0) is 21.9 Å². The van der Waals surface area contributed by atoms with E-state index in [9.17, 15) is 0 Å². The Hall–Kier alpha value is -3.75. The molecule has 0 N–H and O–H groups in total. The van der Waals surface area contributed by atoms with E-state index in [1.165, 1.54) is 16.3 Å². The average molecular weight is 512 g/mol. The van der Waals surface area contributed by atoms with E-state index in [1.807, 2.05) is 54.6 Å². The van der Waals surface area contributed by atoms with Gasteiger partial charge >= 0.3 is 16.5 Å². The van der Waals surface area contributed by atoms with Gasteiger partial charge in [0.1, 0.15) is 0 Å². The van der Waals surface area contributed by atoms with Crippen LogP contribution in [0.4, 0.5) is 0 Å². The predicted molar refractivity (Wildman–Crippen MR) is 145 cm³/mol. The predicted octanol–water partition coefficient (Wildman–Crippen LogP) is 7.86. The van der Waals surface area contributed by atoms with Gasteiger partial charge in [-0.3, -0.25) is 9.97 Å². The molecule has 0 radical (unpaired) electrons. The SMILES string of the molecule is CC(C)(C)c1cc(-c2[c-]cccc2)nc(-c2ccccn2)c1.[Ni+2].c1ccc2c(c1)[n-]c1ccccc12. The molecule has 0 fully saturated rings. The molecule has 0 aliphatic heterocycles. The van der Waals surface area contributed by atoms with Gasteiger partial charge in [-0.15, -0.1) is 46.9 Å². The minimum Gasteiger partial charge on any atom is -0.657 e. The van der Waals surface area contributed by atoms with Crippen molar-refractivity contribution in [2.45, 2.75) is 26.2 Å². The molecule has 3 heterocycles. The van der Waals surface area contributed by atoms with Gasteiger partial charge in [-0.25, -0.2) is 0 Å². The monoisotopic (exact) mass is 511 g/mol. The summed E-state index contributed by atoms with van der Waals surface area (Å²) < 4.78 is 0.